The predicted molar refractivity (Wildman–Crippen MR) is 132 cm³/mol. The Kier molecular flexibility index (Phi) is 15.8. The molecule has 1 unspecified atom stereocenters. The lowest BCUT2D eigenvalue weighted by molar-refractivity contribution is 0.639. The Bertz CT molecular complexity index is 551. The molecule has 0 aromatic heterocycles. The first-order valence-corrected chi connectivity index (χ1v) is 11.7. The van der Waals surface area contributed by atoms with Crippen LogP contribution in [0.25, 0.3) is 0 Å². The van der Waals surface area contributed by atoms with Crippen molar-refractivity contribution in [2.24, 2.45) is 0 Å². The lowest BCUT2D eigenvalue weighted by Gasteiger charge is -2.17. The summed E-state index contributed by atoms with van der Waals surface area (Å²) in [6.07, 6.45) is 12.7. The van der Waals surface area contributed by atoms with Gasteiger partial charge in [-0.2, -0.15) is 11.8 Å². The van der Waals surface area contributed by atoms with Gasteiger partial charge in [0.1, 0.15) is 0 Å². The molecular formula is C25H44N2S. The third kappa shape index (κ3) is 18.0. The maximum absolute atomic E-state index is 4.11. The molecule has 0 radical (unpaired) electrons. The highest BCUT2D eigenvalue weighted by atomic mass is 32.2. The molecule has 160 valence electrons. The monoisotopic (exact) mass is 404 g/mol. The molecule has 0 heterocycles. The topological polar surface area (TPSA) is 24.1 Å². The van der Waals surface area contributed by atoms with Crippen LogP contribution >= 0.6 is 11.8 Å². The van der Waals surface area contributed by atoms with Crippen LogP contribution in [-0.4, -0.2) is 24.1 Å². The van der Waals surface area contributed by atoms with E-state index in [-0.39, 0.29) is 0 Å². The van der Waals surface area contributed by atoms with Crippen molar-refractivity contribution in [2.75, 3.05) is 18.1 Å². The summed E-state index contributed by atoms with van der Waals surface area (Å²) in [7, 11) is 0. The Morgan fingerprint density at radius 3 is 2.11 bits per heavy atom. The molecular weight excluding hydrogens is 360 g/mol. The van der Waals surface area contributed by atoms with Gasteiger partial charge in [-0.25, -0.2) is 0 Å². The molecule has 1 atom stereocenters. The smallest absolute Gasteiger partial charge is 0.0320 e. The zero-order chi connectivity index (χ0) is 21.4. The molecule has 0 amide bonds. The predicted octanol–water partition coefficient (Wildman–Crippen LogP) is 7.14. The van der Waals surface area contributed by atoms with Crippen LogP contribution in [0.2, 0.25) is 0 Å². The van der Waals surface area contributed by atoms with Gasteiger partial charge in [-0.15, -0.1) is 0 Å². The molecule has 0 saturated carbocycles. The molecule has 0 aromatic rings. The van der Waals surface area contributed by atoms with E-state index in [0.717, 1.165) is 42.3 Å². The van der Waals surface area contributed by atoms with Crippen molar-refractivity contribution in [3.63, 3.8) is 0 Å². The summed E-state index contributed by atoms with van der Waals surface area (Å²) in [6.45, 7) is 21.9. The Morgan fingerprint density at radius 2 is 1.50 bits per heavy atom. The standard InChI is InChI=1S/C25H44N2S/c1-20(2)11-9-12-22(5)13-10-14-23(6)16-18-28-19-25(8)27-24(7)15-17-26-21(3)4/h11,13,16,25-27H,3,7,9-10,12,14-15,17-19H2,1-2,4-6,8H3/b22-13+,23-16+. The summed E-state index contributed by atoms with van der Waals surface area (Å²) < 4.78 is 0. The second-order valence-electron chi connectivity index (χ2n) is 8.10. The van der Waals surface area contributed by atoms with Gasteiger partial charge in [-0.3, -0.25) is 0 Å². The van der Waals surface area contributed by atoms with Crippen LogP contribution in [0, 0.1) is 0 Å². The lowest BCUT2D eigenvalue weighted by atomic mass is 10.1. The highest BCUT2D eigenvalue weighted by Crippen LogP contribution is 2.13. The molecule has 0 spiro atoms. The van der Waals surface area contributed by atoms with Crippen LogP contribution in [0.1, 0.15) is 73.6 Å². The highest BCUT2D eigenvalue weighted by Gasteiger charge is 2.02. The van der Waals surface area contributed by atoms with Crippen molar-refractivity contribution in [3.05, 3.63) is 59.5 Å². The number of hydrogen-bond acceptors (Lipinski definition) is 3. The molecule has 28 heavy (non-hydrogen) atoms. The number of hydrogen-bond donors (Lipinski definition) is 2. The second kappa shape index (κ2) is 16.6. The van der Waals surface area contributed by atoms with E-state index in [1.54, 1.807) is 0 Å². The van der Waals surface area contributed by atoms with E-state index in [1.165, 1.54) is 36.0 Å². The van der Waals surface area contributed by atoms with Crippen molar-refractivity contribution in [1.82, 2.24) is 10.6 Å². The highest BCUT2D eigenvalue weighted by molar-refractivity contribution is 7.99. The maximum atomic E-state index is 4.11. The van der Waals surface area contributed by atoms with Gasteiger partial charge in [0.15, 0.2) is 0 Å². The first-order valence-electron chi connectivity index (χ1n) is 10.6. The largest absolute Gasteiger partial charge is 0.389 e. The van der Waals surface area contributed by atoms with Crippen LogP contribution in [-0.2, 0) is 0 Å². The molecule has 2 nitrogen and oxygen atoms in total. The Hall–Kier alpha value is -1.35. The fourth-order valence-electron chi connectivity index (χ4n) is 2.67. The third-order valence-corrected chi connectivity index (χ3v) is 5.48. The Labute approximate surface area is 179 Å². The van der Waals surface area contributed by atoms with Crippen LogP contribution in [0.5, 0.6) is 0 Å². The average Bonchev–Trinajstić information content (AvgIpc) is 2.58. The van der Waals surface area contributed by atoms with Crippen molar-refractivity contribution in [2.45, 2.75) is 79.7 Å². The molecule has 0 fully saturated rings. The van der Waals surface area contributed by atoms with E-state index in [0.29, 0.717) is 6.04 Å². The molecule has 0 rings (SSSR count). The molecule has 0 aliphatic rings. The maximum Gasteiger partial charge on any atom is 0.0320 e. The Morgan fingerprint density at radius 1 is 0.893 bits per heavy atom. The fourth-order valence-corrected chi connectivity index (χ4v) is 3.65. The Balaban J connectivity index is 3.89. The van der Waals surface area contributed by atoms with E-state index in [4.69, 9.17) is 0 Å². The molecule has 2 N–H and O–H groups in total. The van der Waals surface area contributed by atoms with Crippen LogP contribution in [0.3, 0.4) is 0 Å². The summed E-state index contributed by atoms with van der Waals surface area (Å²) >= 11 is 1.98. The van der Waals surface area contributed by atoms with Crippen LogP contribution in [0.4, 0.5) is 0 Å². The van der Waals surface area contributed by atoms with Crippen molar-refractivity contribution in [3.8, 4) is 0 Å². The number of thioether (sulfide) groups is 1. The van der Waals surface area contributed by atoms with Crippen molar-refractivity contribution >= 4 is 11.8 Å². The van der Waals surface area contributed by atoms with Gasteiger partial charge in [-0.05, 0) is 67.2 Å². The number of nitrogens with one attached hydrogen (secondary N) is 2. The summed E-state index contributed by atoms with van der Waals surface area (Å²) in [6, 6.07) is 0.447. The van der Waals surface area contributed by atoms with E-state index in [1.807, 2.05) is 18.7 Å². The summed E-state index contributed by atoms with van der Waals surface area (Å²) in [5.74, 6) is 2.19. The van der Waals surface area contributed by atoms with Crippen LogP contribution in [0.15, 0.2) is 59.5 Å². The van der Waals surface area contributed by atoms with Gasteiger partial charge in [-0.1, -0.05) is 48.1 Å². The summed E-state index contributed by atoms with van der Waals surface area (Å²) in [5.41, 5.74) is 6.53. The average molecular weight is 405 g/mol. The lowest BCUT2D eigenvalue weighted by Crippen LogP contribution is -2.28. The minimum atomic E-state index is 0.447. The summed E-state index contributed by atoms with van der Waals surface area (Å²) in [5, 5.41) is 6.73. The van der Waals surface area contributed by atoms with Gasteiger partial charge in [0.25, 0.3) is 0 Å². The minimum Gasteiger partial charge on any atom is -0.389 e. The molecule has 0 aliphatic heterocycles. The van der Waals surface area contributed by atoms with Crippen molar-refractivity contribution < 1.29 is 0 Å². The summed E-state index contributed by atoms with van der Waals surface area (Å²) in [4.78, 5) is 0. The van der Waals surface area contributed by atoms with Gasteiger partial charge in [0.2, 0.25) is 0 Å². The SMILES string of the molecule is C=C(C)NCCC(=C)NC(C)CSC/C=C(\C)CC/C=C(\C)CCC=C(C)C. The fraction of sp³-hybridized carbons (Fsp3) is 0.600. The zero-order valence-corrected chi connectivity index (χ0v) is 20.1. The van der Waals surface area contributed by atoms with Crippen molar-refractivity contribution in [1.29, 1.82) is 0 Å². The van der Waals surface area contributed by atoms with E-state index >= 15 is 0 Å². The second-order valence-corrected chi connectivity index (χ2v) is 9.18. The number of allylic oxidation sites excluding steroid dienone is 6. The molecule has 0 aromatic carbocycles. The normalized spacial score (nSPS) is 13.1. The molecule has 3 heteroatoms. The third-order valence-electron chi connectivity index (χ3n) is 4.34. The first-order chi connectivity index (χ1) is 13.2. The van der Waals surface area contributed by atoms with Crippen LogP contribution < -0.4 is 10.6 Å². The molecule has 0 bridgehead atoms. The first kappa shape index (κ1) is 26.6. The molecule has 0 aliphatic carbocycles. The minimum absolute atomic E-state index is 0.447. The van der Waals surface area contributed by atoms with Gasteiger partial charge in [0, 0.05) is 41.9 Å². The zero-order valence-electron chi connectivity index (χ0n) is 19.3. The van der Waals surface area contributed by atoms with Gasteiger partial charge < -0.3 is 10.6 Å². The van der Waals surface area contributed by atoms with Gasteiger partial charge >= 0.3 is 0 Å². The molecule has 0 saturated heterocycles. The van der Waals surface area contributed by atoms with E-state index in [9.17, 15) is 0 Å². The van der Waals surface area contributed by atoms with Gasteiger partial charge in [0.05, 0.1) is 0 Å². The number of rotatable bonds is 16. The van der Waals surface area contributed by atoms with E-state index in [2.05, 4.69) is 76.6 Å². The quantitative estimate of drug-likeness (QED) is 0.211. The van der Waals surface area contributed by atoms with E-state index < -0.39 is 0 Å².